The van der Waals surface area contributed by atoms with Crippen LogP contribution in [0.4, 0.5) is 4.39 Å². The summed E-state index contributed by atoms with van der Waals surface area (Å²) in [7, 11) is 0. The largest absolute Gasteiger partial charge is 0.448 e. The van der Waals surface area contributed by atoms with E-state index in [1.807, 2.05) is 0 Å². The summed E-state index contributed by atoms with van der Waals surface area (Å²) in [5.74, 6) is 0.0000477. The van der Waals surface area contributed by atoms with Gasteiger partial charge in [-0.2, -0.15) is 0 Å². The quantitative estimate of drug-likeness (QED) is 0.768. The fourth-order valence-corrected chi connectivity index (χ4v) is 0.804. The average Bonchev–Trinajstić information content (AvgIpc) is 2.51. The van der Waals surface area contributed by atoms with Crippen LogP contribution in [-0.2, 0) is 0 Å². The highest BCUT2D eigenvalue weighted by Gasteiger charge is 2.12. The summed E-state index contributed by atoms with van der Waals surface area (Å²) in [6.07, 6.45) is 1.25. The maximum Gasteiger partial charge on any atom is 0.273 e. The molecule has 0 saturated carbocycles. The van der Waals surface area contributed by atoms with Gasteiger partial charge in [0.25, 0.3) is 5.91 Å². The van der Waals surface area contributed by atoms with Gasteiger partial charge in [0.05, 0.1) is 6.04 Å². The lowest BCUT2D eigenvalue weighted by Crippen LogP contribution is -2.34. The molecule has 1 N–H and O–H groups in total. The Morgan fingerprint density at radius 1 is 1.85 bits per heavy atom. The van der Waals surface area contributed by atoms with Crippen molar-refractivity contribution in [3.63, 3.8) is 0 Å². The Labute approximate surface area is 75.1 Å². The molecule has 0 radical (unpaired) electrons. The Kier molecular flexibility index (Phi) is 3.00. The molecule has 1 aromatic heterocycles. The highest BCUT2D eigenvalue weighted by atomic mass is 19.1. The summed E-state index contributed by atoms with van der Waals surface area (Å²) in [6.45, 7) is 2.61. The van der Waals surface area contributed by atoms with Crippen molar-refractivity contribution < 1.29 is 13.6 Å². The van der Waals surface area contributed by atoms with Crippen LogP contribution in [0.2, 0.25) is 0 Å². The number of alkyl halides is 1. The zero-order chi connectivity index (χ0) is 9.84. The van der Waals surface area contributed by atoms with E-state index in [0.717, 1.165) is 0 Å². The molecule has 0 bridgehead atoms. The number of amides is 1. The number of nitrogens with zero attached hydrogens (tertiary/aromatic N) is 1. The molecule has 0 aliphatic rings. The van der Waals surface area contributed by atoms with Gasteiger partial charge in [0.1, 0.15) is 12.9 Å². The molecule has 1 rings (SSSR count). The summed E-state index contributed by atoms with van der Waals surface area (Å²) < 4.78 is 16.8. The third-order valence-corrected chi connectivity index (χ3v) is 1.46. The second-order valence-electron chi connectivity index (χ2n) is 2.78. The molecule has 0 aliphatic carbocycles. The Bertz CT molecular complexity index is 298. The number of aromatic nitrogens is 1. The van der Waals surface area contributed by atoms with Crippen LogP contribution in [0.1, 0.15) is 23.3 Å². The third kappa shape index (κ3) is 2.54. The molecule has 1 amide bonds. The lowest BCUT2D eigenvalue weighted by atomic mass is 10.3. The van der Waals surface area contributed by atoms with Gasteiger partial charge < -0.3 is 9.73 Å². The zero-order valence-electron chi connectivity index (χ0n) is 7.50. The Hall–Kier alpha value is -1.39. The number of rotatable bonds is 3. The lowest BCUT2D eigenvalue weighted by molar-refractivity contribution is 0.0929. The van der Waals surface area contributed by atoms with Crippen molar-refractivity contribution in [3.8, 4) is 0 Å². The van der Waals surface area contributed by atoms with Crippen molar-refractivity contribution in [3.05, 3.63) is 17.8 Å². The molecule has 5 heteroatoms. The molecule has 4 nitrogen and oxygen atoms in total. The molecule has 1 unspecified atom stereocenters. The predicted octanol–water partition coefficient (Wildman–Crippen LogP) is 1.07. The number of oxazole rings is 1. The van der Waals surface area contributed by atoms with E-state index in [0.29, 0.717) is 5.89 Å². The number of nitrogens with one attached hydrogen (secondary N) is 1. The SMILES string of the molecule is Cc1nc(C(=O)NC(C)CF)co1. The molecule has 0 spiro atoms. The summed E-state index contributed by atoms with van der Waals surface area (Å²) in [4.78, 5) is 15.0. The molecule has 0 saturated heterocycles. The van der Waals surface area contributed by atoms with Crippen LogP contribution in [0.3, 0.4) is 0 Å². The number of halogens is 1. The number of hydrogen-bond donors (Lipinski definition) is 1. The van der Waals surface area contributed by atoms with E-state index >= 15 is 0 Å². The molecule has 1 heterocycles. The highest BCUT2D eigenvalue weighted by molar-refractivity contribution is 5.92. The maximum absolute atomic E-state index is 12.0. The first-order valence-electron chi connectivity index (χ1n) is 3.92. The lowest BCUT2D eigenvalue weighted by Gasteiger charge is -2.06. The normalized spacial score (nSPS) is 12.5. The molecular weight excluding hydrogens is 175 g/mol. The van der Waals surface area contributed by atoms with Crippen molar-refractivity contribution >= 4 is 5.91 Å². The fourth-order valence-electron chi connectivity index (χ4n) is 0.804. The molecular formula is C8H11FN2O2. The van der Waals surface area contributed by atoms with Crippen LogP contribution >= 0.6 is 0 Å². The van der Waals surface area contributed by atoms with E-state index < -0.39 is 18.6 Å². The van der Waals surface area contributed by atoms with Crippen LogP contribution in [0.25, 0.3) is 0 Å². The Morgan fingerprint density at radius 2 is 2.54 bits per heavy atom. The minimum atomic E-state index is -0.595. The molecule has 0 aliphatic heterocycles. The minimum Gasteiger partial charge on any atom is -0.448 e. The van der Waals surface area contributed by atoms with E-state index in [2.05, 4.69) is 10.3 Å². The number of aryl methyl sites for hydroxylation is 1. The Balaban J connectivity index is 2.58. The first-order chi connectivity index (χ1) is 6.13. The van der Waals surface area contributed by atoms with Crippen molar-refractivity contribution in [2.24, 2.45) is 0 Å². The zero-order valence-corrected chi connectivity index (χ0v) is 7.50. The second-order valence-corrected chi connectivity index (χ2v) is 2.78. The van der Waals surface area contributed by atoms with Crippen molar-refractivity contribution in [2.45, 2.75) is 19.9 Å². The van der Waals surface area contributed by atoms with E-state index in [1.54, 1.807) is 13.8 Å². The van der Waals surface area contributed by atoms with Gasteiger partial charge >= 0.3 is 0 Å². The van der Waals surface area contributed by atoms with Gasteiger partial charge in [-0.15, -0.1) is 0 Å². The molecule has 0 aromatic carbocycles. The Morgan fingerprint density at radius 3 is 3.00 bits per heavy atom. The van der Waals surface area contributed by atoms with Crippen LogP contribution in [0, 0.1) is 6.92 Å². The summed E-state index contributed by atoms with van der Waals surface area (Å²) >= 11 is 0. The van der Waals surface area contributed by atoms with Gasteiger partial charge in [-0.05, 0) is 6.92 Å². The van der Waals surface area contributed by atoms with Crippen LogP contribution in [0.5, 0.6) is 0 Å². The second kappa shape index (κ2) is 4.02. The van der Waals surface area contributed by atoms with Crippen LogP contribution in [-0.4, -0.2) is 23.6 Å². The molecule has 0 fully saturated rings. The first kappa shape index (κ1) is 9.70. The van der Waals surface area contributed by atoms with Crippen molar-refractivity contribution in [1.29, 1.82) is 0 Å². The molecule has 1 atom stereocenters. The van der Waals surface area contributed by atoms with Crippen LogP contribution in [0.15, 0.2) is 10.7 Å². The third-order valence-electron chi connectivity index (χ3n) is 1.46. The predicted molar refractivity (Wildman–Crippen MR) is 44.1 cm³/mol. The maximum atomic E-state index is 12.0. The summed E-state index contributed by atoms with van der Waals surface area (Å²) in [5.41, 5.74) is 0.179. The van der Waals surface area contributed by atoms with Gasteiger partial charge in [0.2, 0.25) is 0 Å². The monoisotopic (exact) mass is 186 g/mol. The number of carbonyl (C=O) groups excluding carboxylic acids is 1. The fraction of sp³-hybridized carbons (Fsp3) is 0.500. The topological polar surface area (TPSA) is 55.1 Å². The minimum absolute atomic E-state index is 0.179. The molecule has 72 valence electrons. The van der Waals surface area contributed by atoms with Crippen LogP contribution < -0.4 is 5.32 Å². The number of carbonyl (C=O) groups is 1. The summed E-state index contributed by atoms with van der Waals surface area (Å²) in [6, 6.07) is -0.496. The van der Waals surface area contributed by atoms with E-state index in [4.69, 9.17) is 4.42 Å². The average molecular weight is 186 g/mol. The van der Waals surface area contributed by atoms with Gasteiger partial charge in [0, 0.05) is 6.92 Å². The van der Waals surface area contributed by atoms with Crippen molar-refractivity contribution in [2.75, 3.05) is 6.67 Å². The van der Waals surface area contributed by atoms with Crippen molar-refractivity contribution in [1.82, 2.24) is 10.3 Å². The molecule has 13 heavy (non-hydrogen) atoms. The van der Waals surface area contributed by atoms with E-state index in [-0.39, 0.29) is 5.69 Å². The van der Waals surface area contributed by atoms with Gasteiger partial charge in [-0.25, -0.2) is 9.37 Å². The van der Waals surface area contributed by atoms with Gasteiger partial charge in [-0.3, -0.25) is 4.79 Å². The van der Waals surface area contributed by atoms with E-state index in [9.17, 15) is 9.18 Å². The summed E-state index contributed by atoms with van der Waals surface area (Å²) in [5, 5.41) is 2.42. The highest BCUT2D eigenvalue weighted by Crippen LogP contribution is 2.00. The standard InChI is InChI=1S/C8H11FN2O2/c1-5(3-9)10-8(12)7-4-13-6(2)11-7/h4-5H,3H2,1-2H3,(H,10,12). The van der Waals surface area contributed by atoms with E-state index in [1.165, 1.54) is 6.26 Å². The number of hydrogen-bond acceptors (Lipinski definition) is 3. The molecule has 1 aromatic rings. The first-order valence-corrected chi connectivity index (χ1v) is 3.92. The van der Waals surface area contributed by atoms with Gasteiger partial charge in [-0.1, -0.05) is 0 Å². The van der Waals surface area contributed by atoms with Gasteiger partial charge in [0.15, 0.2) is 11.6 Å². The smallest absolute Gasteiger partial charge is 0.273 e.